The minimum absolute atomic E-state index is 0.131. The standard InChI is InChI=1S/C14H18F2O2/c1-4-10-5-7-11(8-6-10)14(15,16)9-13(2,3)12(17)18/h5-8H,4,9H2,1-3H3,(H,17,18). The second kappa shape index (κ2) is 5.04. The molecule has 0 radical (unpaired) electrons. The van der Waals surface area contributed by atoms with Gasteiger partial charge in [-0.05, 0) is 25.8 Å². The minimum atomic E-state index is -3.13. The van der Waals surface area contributed by atoms with Gasteiger partial charge in [0.2, 0.25) is 0 Å². The molecule has 0 spiro atoms. The van der Waals surface area contributed by atoms with Crippen LogP contribution in [0.15, 0.2) is 24.3 Å². The molecule has 1 aromatic carbocycles. The number of halogens is 2. The van der Waals surface area contributed by atoms with Crippen molar-refractivity contribution < 1.29 is 18.7 Å². The summed E-state index contributed by atoms with van der Waals surface area (Å²) in [6, 6.07) is 6.04. The van der Waals surface area contributed by atoms with E-state index in [9.17, 15) is 13.6 Å². The molecule has 0 unspecified atom stereocenters. The van der Waals surface area contributed by atoms with Crippen molar-refractivity contribution in [3.63, 3.8) is 0 Å². The van der Waals surface area contributed by atoms with Gasteiger partial charge in [0.25, 0.3) is 5.92 Å². The van der Waals surface area contributed by atoms with Gasteiger partial charge in [-0.1, -0.05) is 31.2 Å². The van der Waals surface area contributed by atoms with Crippen LogP contribution < -0.4 is 0 Å². The molecule has 18 heavy (non-hydrogen) atoms. The molecule has 1 aromatic rings. The lowest BCUT2D eigenvalue weighted by Crippen LogP contribution is -2.31. The Hall–Kier alpha value is -1.45. The van der Waals surface area contributed by atoms with Gasteiger partial charge in [-0.25, -0.2) is 8.78 Å². The zero-order chi connectivity index (χ0) is 14.0. The average Bonchev–Trinajstić information content (AvgIpc) is 2.27. The van der Waals surface area contributed by atoms with Gasteiger partial charge >= 0.3 is 5.97 Å². The largest absolute Gasteiger partial charge is 0.481 e. The number of rotatable bonds is 5. The number of aliphatic carboxylic acids is 1. The van der Waals surface area contributed by atoms with Crippen LogP contribution in [0.2, 0.25) is 0 Å². The topological polar surface area (TPSA) is 37.3 Å². The zero-order valence-electron chi connectivity index (χ0n) is 10.8. The summed E-state index contributed by atoms with van der Waals surface area (Å²) in [6.07, 6.45) is 0.0767. The Labute approximate surface area is 106 Å². The Morgan fingerprint density at radius 1 is 1.22 bits per heavy atom. The third kappa shape index (κ3) is 3.28. The van der Waals surface area contributed by atoms with Crippen LogP contribution in [0.3, 0.4) is 0 Å². The number of benzene rings is 1. The summed E-state index contributed by atoms with van der Waals surface area (Å²) in [5.41, 5.74) is -0.603. The van der Waals surface area contributed by atoms with Gasteiger partial charge in [0.05, 0.1) is 5.41 Å². The molecule has 1 N–H and O–H groups in total. The van der Waals surface area contributed by atoms with Crippen LogP contribution in [-0.4, -0.2) is 11.1 Å². The van der Waals surface area contributed by atoms with Crippen molar-refractivity contribution in [3.8, 4) is 0 Å². The number of aryl methyl sites for hydroxylation is 1. The summed E-state index contributed by atoms with van der Waals surface area (Å²) in [6.45, 7) is 4.56. The fourth-order valence-corrected chi connectivity index (χ4v) is 1.72. The first-order valence-electron chi connectivity index (χ1n) is 5.89. The molecule has 0 aromatic heterocycles. The smallest absolute Gasteiger partial charge is 0.309 e. The molecule has 0 bridgehead atoms. The fraction of sp³-hybridized carbons (Fsp3) is 0.500. The van der Waals surface area contributed by atoms with Crippen LogP contribution in [-0.2, 0) is 17.1 Å². The molecule has 0 fully saturated rings. The summed E-state index contributed by atoms with van der Waals surface area (Å²) < 4.78 is 28.0. The Balaban J connectivity index is 2.94. The van der Waals surface area contributed by atoms with Gasteiger partial charge in [0.1, 0.15) is 0 Å². The molecule has 0 saturated heterocycles. The van der Waals surface area contributed by atoms with Crippen molar-refractivity contribution in [2.45, 2.75) is 39.5 Å². The highest BCUT2D eigenvalue weighted by Crippen LogP contribution is 2.39. The second-order valence-electron chi connectivity index (χ2n) is 5.12. The van der Waals surface area contributed by atoms with Crippen molar-refractivity contribution in [3.05, 3.63) is 35.4 Å². The molecule has 0 aliphatic heterocycles. The lowest BCUT2D eigenvalue weighted by atomic mass is 9.84. The Kier molecular flexibility index (Phi) is 4.09. The summed E-state index contributed by atoms with van der Waals surface area (Å²) in [4.78, 5) is 10.9. The molecule has 0 aliphatic carbocycles. The van der Waals surface area contributed by atoms with Crippen molar-refractivity contribution in [2.75, 3.05) is 0 Å². The molecule has 0 atom stereocenters. The second-order valence-corrected chi connectivity index (χ2v) is 5.12. The van der Waals surface area contributed by atoms with E-state index in [1.165, 1.54) is 26.0 Å². The van der Waals surface area contributed by atoms with Crippen molar-refractivity contribution >= 4 is 5.97 Å². The van der Waals surface area contributed by atoms with E-state index in [0.29, 0.717) is 0 Å². The van der Waals surface area contributed by atoms with Crippen molar-refractivity contribution in [1.82, 2.24) is 0 Å². The van der Waals surface area contributed by atoms with Crippen LogP contribution in [0, 0.1) is 5.41 Å². The third-order valence-corrected chi connectivity index (χ3v) is 3.03. The van der Waals surface area contributed by atoms with Gasteiger partial charge in [-0.15, -0.1) is 0 Å². The summed E-state index contributed by atoms with van der Waals surface area (Å²) in [5.74, 6) is -4.35. The SMILES string of the molecule is CCc1ccc(C(F)(F)CC(C)(C)C(=O)O)cc1. The third-order valence-electron chi connectivity index (χ3n) is 3.03. The normalized spacial score (nSPS) is 12.5. The van der Waals surface area contributed by atoms with Gasteiger partial charge in [-0.3, -0.25) is 4.79 Å². The van der Waals surface area contributed by atoms with Crippen molar-refractivity contribution in [2.24, 2.45) is 5.41 Å². The molecular weight excluding hydrogens is 238 g/mol. The Bertz CT molecular complexity index is 422. The molecule has 100 valence electrons. The number of carboxylic acids is 1. The summed E-state index contributed by atoms with van der Waals surface area (Å²) in [5, 5.41) is 8.90. The molecule has 2 nitrogen and oxygen atoms in total. The van der Waals surface area contributed by atoms with Gasteiger partial charge in [-0.2, -0.15) is 0 Å². The highest BCUT2D eigenvalue weighted by atomic mass is 19.3. The van der Waals surface area contributed by atoms with E-state index >= 15 is 0 Å². The highest BCUT2D eigenvalue weighted by Gasteiger charge is 2.42. The van der Waals surface area contributed by atoms with E-state index in [2.05, 4.69) is 0 Å². The van der Waals surface area contributed by atoms with Crippen LogP contribution in [0.4, 0.5) is 8.78 Å². The monoisotopic (exact) mass is 256 g/mol. The predicted molar refractivity (Wildman–Crippen MR) is 65.7 cm³/mol. The van der Waals surface area contributed by atoms with Crippen LogP contribution in [0.5, 0.6) is 0 Å². The average molecular weight is 256 g/mol. The lowest BCUT2D eigenvalue weighted by Gasteiger charge is -2.26. The summed E-state index contributed by atoms with van der Waals surface area (Å²) >= 11 is 0. The van der Waals surface area contributed by atoms with E-state index in [1.54, 1.807) is 12.1 Å². The molecule has 0 saturated carbocycles. The van der Waals surface area contributed by atoms with E-state index in [0.717, 1.165) is 12.0 Å². The molecule has 4 heteroatoms. The molecule has 0 amide bonds. The van der Waals surface area contributed by atoms with Crippen LogP contribution in [0.1, 0.15) is 38.3 Å². The zero-order valence-corrected chi connectivity index (χ0v) is 10.8. The maximum atomic E-state index is 14.0. The molecule has 0 aliphatic rings. The molecule has 1 rings (SSSR count). The lowest BCUT2D eigenvalue weighted by molar-refractivity contribution is -0.153. The maximum absolute atomic E-state index is 14.0. The van der Waals surface area contributed by atoms with Crippen LogP contribution >= 0.6 is 0 Å². The van der Waals surface area contributed by atoms with Crippen LogP contribution in [0.25, 0.3) is 0 Å². The quantitative estimate of drug-likeness (QED) is 0.869. The first kappa shape index (κ1) is 14.6. The molecule has 0 heterocycles. The number of hydrogen-bond donors (Lipinski definition) is 1. The Morgan fingerprint density at radius 2 is 1.72 bits per heavy atom. The maximum Gasteiger partial charge on any atom is 0.309 e. The van der Waals surface area contributed by atoms with Crippen molar-refractivity contribution in [1.29, 1.82) is 0 Å². The number of hydrogen-bond acceptors (Lipinski definition) is 1. The predicted octanol–water partition coefficient (Wildman–Crippen LogP) is 3.84. The van der Waals surface area contributed by atoms with Gasteiger partial charge in [0.15, 0.2) is 0 Å². The first-order chi connectivity index (χ1) is 8.19. The molecular formula is C14H18F2O2. The Morgan fingerprint density at radius 3 is 2.11 bits per heavy atom. The van der Waals surface area contributed by atoms with Gasteiger partial charge in [0, 0.05) is 12.0 Å². The van der Waals surface area contributed by atoms with Gasteiger partial charge < -0.3 is 5.11 Å². The first-order valence-corrected chi connectivity index (χ1v) is 5.89. The fourth-order valence-electron chi connectivity index (χ4n) is 1.72. The summed E-state index contributed by atoms with van der Waals surface area (Å²) in [7, 11) is 0. The number of carbonyl (C=O) groups is 1. The van der Waals surface area contributed by atoms with E-state index in [-0.39, 0.29) is 5.56 Å². The van der Waals surface area contributed by atoms with E-state index < -0.39 is 23.7 Å². The number of carboxylic acid groups (broad SMARTS) is 1. The van der Waals surface area contributed by atoms with E-state index in [1.807, 2.05) is 6.92 Å². The highest BCUT2D eigenvalue weighted by molar-refractivity contribution is 5.73. The minimum Gasteiger partial charge on any atom is -0.481 e. The number of alkyl halides is 2. The van der Waals surface area contributed by atoms with E-state index in [4.69, 9.17) is 5.11 Å².